The number of aromatic nitrogens is 2. The lowest BCUT2D eigenvalue weighted by Gasteiger charge is -2.01. The van der Waals surface area contributed by atoms with E-state index >= 15 is 0 Å². The quantitative estimate of drug-likeness (QED) is 0.682. The van der Waals surface area contributed by atoms with Crippen LogP contribution in [0.25, 0.3) is 0 Å². The van der Waals surface area contributed by atoms with Gasteiger partial charge in [0.05, 0.1) is 6.04 Å². The first kappa shape index (κ1) is 6.79. The third-order valence-electron chi connectivity index (χ3n) is 1.97. The molecule has 60 valence electrons. The fourth-order valence-corrected chi connectivity index (χ4v) is 1.12. The van der Waals surface area contributed by atoms with E-state index < -0.39 is 0 Å². The summed E-state index contributed by atoms with van der Waals surface area (Å²) < 4.78 is 4.82. The maximum absolute atomic E-state index is 5.83. The molecule has 0 unspecified atom stereocenters. The van der Waals surface area contributed by atoms with Crippen LogP contribution in [0.1, 0.15) is 30.6 Å². The first-order chi connectivity index (χ1) is 5.27. The molecule has 1 atom stereocenters. The van der Waals surface area contributed by atoms with Gasteiger partial charge < -0.3 is 10.3 Å². The predicted octanol–water partition coefficient (Wildman–Crippen LogP) is 0.788. The molecule has 1 heterocycles. The van der Waals surface area contributed by atoms with E-state index in [1.54, 1.807) is 6.92 Å². The minimum atomic E-state index is -0.00699. The lowest BCUT2D eigenvalue weighted by atomic mass is 10.2. The second-order valence-electron chi connectivity index (χ2n) is 3.03. The highest BCUT2D eigenvalue weighted by Gasteiger charge is 2.32. The Kier molecular flexibility index (Phi) is 1.42. The number of aryl methyl sites for hydroxylation is 1. The Balaban J connectivity index is 2.14. The van der Waals surface area contributed by atoms with E-state index in [0.717, 1.165) is 0 Å². The molecule has 0 aromatic carbocycles. The molecule has 1 saturated carbocycles. The summed E-state index contributed by atoms with van der Waals surface area (Å²) >= 11 is 0. The van der Waals surface area contributed by atoms with E-state index in [4.69, 9.17) is 10.3 Å². The minimum absolute atomic E-state index is 0.00699. The maximum Gasteiger partial charge on any atom is 0.223 e. The van der Waals surface area contributed by atoms with Crippen molar-refractivity contribution in [2.24, 2.45) is 11.7 Å². The smallest absolute Gasteiger partial charge is 0.223 e. The van der Waals surface area contributed by atoms with E-state index in [1.165, 1.54) is 12.8 Å². The van der Waals surface area contributed by atoms with Crippen LogP contribution in [0, 0.1) is 12.8 Å². The van der Waals surface area contributed by atoms with Gasteiger partial charge in [0.1, 0.15) is 0 Å². The van der Waals surface area contributed by atoms with Crippen molar-refractivity contribution in [1.82, 2.24) is 10.1 Å². The molecule has 1 aliphatic carbocycles. The van der Waals surface area contributed by atoms with Gasteiger partial charge in [0, 0.05) is 6.92 Å². The summed E-state index contributed by atoms with van der Waals surface area (Å²) in [6.45, 7) is 1.77. The summed E-state index contributed by atoms with van der Waals surface area (Å²) in [7, 11) is 0. The largest absolute Gasteiger partial charge is 0.340 e. The molecule has 11 heavy (non-hydrogen) atoms. The standard InChI is InChI=1S/C7H11N3O/c1-4-9-7(10-11-4)6(8)5-2-3-5/h5-6H,2-3,8H2,1H3/t6-/m0/s1. The van der Waals surface area contributed by atoms with Gasteiger partial charge in [0.2, 0.25) is 5.89 Å². The number of nitrogens with zero attached hydrogens (tertiary/aromatic N) is 2. The topological polar surface area (TPSA) is 64.9 Å². The molecule has 2 N–H and O–H groups in total. The fourth-order valence-electron chi connectivity index (χ4n) is 1.12. The van der Waals surface area contributed by atoms with Crippen LogP contribution >= 0.6 is 0 Å². The molecule has 4 heteroatoms. The van der Waals surface area contributed by atoms with Crippen LogP contribution in [0.3, 0.4) is 0 Å². The molecular weight excluding hydrogens is 142 g/mol. The molecular formula is C7H11N3O. The van der Waals surface area contributed by atoms with Gasteiger partial charge in [0.25, 0.3) is 0 Å². The van der Waals surface area contributed by atoms with Crippen LogP contribution < -0.4 is 5.73 Å². The molecule has 0 radical (unpaired) electrons. The van der Waals surface area contributed by atoms with Crippen molar-refractivity contribution in [2.45, 2.75) is 25.8 Å². The number of nitrogens with two attached hydrogens (primary N) is 1. The Hall–Kier alpha value is -0.900. The van der Waals surface area contributed by atoms with Gasteiger partial charge in [-0.2, -0.15) is 4.98 Å². The van der Waals surface area contributed by atoms with Crippen molar-refractivity contribution in [3.05, 3.63) is 11.7 Å². The van der Waals surface area contributed by atoms with Crippen LogP contribution in [-0.2, 0) is 0 Å². The average Bonchev–Trinajstić information content (AvgIpc) is 2.74. The van der Waals surface area contributed by atoms with Crippen molar-refractivity contribution >= 4 is 0 Å². The molecule has 2 rings (SSSR count). The van der Waals surface area contributed by atoms with E-state index in [-0.39, 0.29) is 6.04 Å². The molecule has 0 aliphatic heterocycles. The number of hydrogen-bond donors (Lipinski definition) is 1. The van der Waals surface area contributed by atoms with Gasteiger partial charge in [-0.05, 0) is 18.8 Å². The Morgan fingerprint density at radius 1 is 1.64 bits per heavy atom. The van der Waals surface area contributed by atoms with Crippen LogP contribution in [0.2, 0.25) is 0 Å². The van der Waals surface area contributed by atoms with Crippen molar-refractivity contribution < 1.29 is 4.52 Å². The molecule has 1 aliphatic rings. The molecule has 1 fully saturated rings. The van der Waals surface area contributed by atoms with Gasteiger partial charge in [-0.3, -0.25) is 0 Å². The maximum atomic E-state index is 5.83. The van der Waals surface area contributed by atoms with Crippen molar-refractivity contribution in [1.29, 1.82) is 0 Å². The summed E-state index contributed by atoms with van der Waals surface area (Å²) in [5, 5.41) is 3.77. The van der Waals surface area contributed by atoms with E-state index in [1.807, 2.05) is 0 Å². The van der Waals surface area contributed by atoms with Crippen molar-refractivity contribution in [2.75, 3.05) is 0 Å². The molecule has 0 bridgehead atoms. The summed E-state index contributed by atoms with van der Waals surface area (Å²) in [4.78, 5) is 4.07. The van der Waals surface area contributed by atoms with Gasteiger partial charge in [-0.15, -0.1) is 0 Å². The Bertz CT molecular complexity index is 254. The zero-order chi connectivity index (χ0) is 7.84. The van der Waals surface area contributed by atoms with Crippen molar-refractivity contribution in [3.8, 4) is 0 Å². The lowest BCUT2D eigenvalue weighted by molar-refractivity contribution is 0.380. The lowest BCUT2D eigenvalue weighted by Crippen LogP contribution is -2.13. The molecule has 0 amide bonds. The molecule has 0 spiro atoms. The van der Waals surface area contributed by atoms with Gasteiger partial charge in [-0.25, -0.2) is 0 Å². The molecule has 1 aromatic rings. The molecule has 1 aromatic heterocycles. The first-order valence-electron chi connectivity index (χ1n) is 3.83. The summed E-state index contributed by atoms with van der Waals surface area (Å²) in [6.07, 6.45) is 2.41. The Morgan fingerprint density at radius 2 is 2.36 bits per heavy atom. The zero-order valence-corrected chi connectivity index (χ0v) is 6.45. The molecule has 4 nitrogen and oxygen atoms in total. The second kappa shape index (κ2) is 2.30. The first-order valence-corrected chi connectivity index (χ1v) is 3.83. The van der Waals surface area contributed by atoms with Gasteiger partial charge in [-0.1, -0.05) is 5.16 Å². The monoisotopic (exact) mass is 153 g/mol. The van der Waals surface area contributed by atoms with E-state index in [0.29, 0.717) is 17.6 Å². The van der Waals surface area contributed by atoms with Crippen molar-refractivity contribution in [3.63, 3.8) is 0 Å². The third kappa shape index (κ3) is 1.26. The zero-order valence-electron chi connectivity index (χ0n) is 6.45. The van der Waals surface area contributed by atoms with Crippen LogP contribution in [-0.4, -0.2) is 10.1 Å². The second-order valence-corrected chi connectivity index (χ2v) is 3.03. The van der Waals surface area contributed by atoms with E-state index in [2.05, 4.69) is 10.1 Å². The van der Waals surface area contributed by atoms with Crippen LogP contribution in [0.5, 0.6) is 0 Å². The number of hydrogen-bond acceptors (Lipinski definition) is 4. The normalized spacial score (nSPS) is 20.2. The Morgan fingerprint density at radius 3 is 2.82 bits per heavy atom. The SMILES string of the molecule is Cc1nc([C@@H](N)C2CC2)no1. The van der Waals surface area contributed by atoms with E-state index in [9.17, 15) is 0 Å². The van der Waals surface area contributed by atoms with Gasteiger partial charge >= 0.3 is 0 Å². The average molecular weight is 153 g/mol. The van der Waals surface area contributed by atoms with Crippen LogP contribution in [0.15, 0.2) is 4.52 Å². The summed E-state index contributed by atoms with van der Waals surface area (Å²) in [6, 6.07) is -0.00699. The highest BCUT2D eigenvalue weighted by Crippen LogP contribution is 2.38. The highest BCUT2D eigenvalue weighted by atomic mass is 16.5. The fraction of sp³-hybridized carbons (Fsp3) is 0.714. The van der Waals surface area contributed by atoms with Gasteiger partial charge in [0.15, 0.2) is 5.82 Å². The highest BCUT2D eigenvalue weighted by molar-refractivity contribution is 4.98. The van der Waals surface area contributed by atoms with Crippen LogP contribution in [0.4, 0.5) is 0 Å². The predicted molar refractivity (Wildman–Crippen MR) is 38.7 cm³/mol. The third-order valence-corrected chi connectivity index (χ3v) is 1.97. The molecule has 0 saturated heterocycles. The summed E-state index contributed by atoms with van der Waals surface area (Å²) in [5.41, 5.74) is 5.83. The minimum Gasteiger partial charge on any atom is -0.340 e. The Labute approximate surface area is 64.8 Å². The number of rotatable bonds is 2. The summed E-state index contributed by atoms with van der Waals surface area (Å²) in [5.74, 6) is 1.84.